The van der Waals surface area contributed by atoms with Gasteiger partial charge in [0.25, 0.3) is 0 Å². The second-order valence-electron chi connectivity index (χ2n) is 6.90. The maximum Gasteiger partial charge on any atom is 0.223 e. The van der Waals surface area contributed by atoms with E-state index in [1.807, 2.05) is 4.90 Å². The predicted molar refractivity (Wildman–Crippen MR) is 93.1 cm³/mol. The Balaban J connectivity index is 1.51. The minimum Gasteiger partial charge on any atom is -0.340 e. The highest BCUT2D eigenvalue weighted by molar-refractivity contribution is 5.76. The standard InChI is InChI=1S/C19H29N3O/c23-19(22-13-10-20-11-14-22)9-12-21(16-18-7-4-8-18)15-17-5-2-1-3-6-17/h1-3,5-6,18,20H,4,7-16H2. The van der Waals surface area contributed by atoms with Gasteiger partial charge in [-0.2, -0.15) is 0 Å². The number of hydrogen-bond acceptors (Lipinski definition) is 3. The highest BCUT2D eigenvalue weighted by Gasteiger charge is 2.22. The van der Waals surface area contributed by atoms with Gasteiger partial charge in [0, 0.05) is 52.2 Å². The number of nitrogens with one attached hydrogen (secondary N) is 1. The van der Waals surface area contributed by atoms with Crippen molar-refractivity contribution in [3.63, 3.8) is 0 Å². The lowest BCUT2D eigenvalue weighted by Crippen LogP contribution is -2.47. The Morgan fingerprint density at radius 1 is 1.17 bits per heavy atom. The highest BCUT2D eigenvalue weighted by Crippen LogP contribution is 2.27. The van der Waals surface area contributed by atoms with Gasteiger partial charge in [-0.1, -0.05) is 36.8 Å². The van der Waals surface area contributed by atoms with Crippen molar-refractivity contribution in [1.82, 2.24) is 15.1 Å². The highest BCUT2D eigenvalue weighted by atomic mass is 16.2. The monoisotopic (exact) mass is 315 g/mol. The van der Waals surface area contributed by atoms with Gasteiger partial charge in [0.2, 0.25) is 5.91 Å². The molecule has 1 saturated heterocycles. The van der Waals surface area contributed by atoms with Crippen LogP contribution in [0.3, 0.4) is 0 Å². The molecule has 4 heteroatoms. The van der Waals surface area contributed by atoms with Gasteiger partial charge in [-0.3, -0.25) is 9.69 Å². The van der Waals surface area contributed by atoms with E-state index in [1.54, 1.807) is 0 Å². The maximum atomic E-state index is 12.4. The summed E-state index contributed by atoms with van der Waals surface area (Å²) in [6.45, 7) is 6.58. The fourth-order valence-electron chi connectivity index (χ4n) is 3.44. The van der Waals surface area contributed by atoms with Gasteiger partial charge >= 0.3 is 0 Å². The van der Waals surface area contributed by atoms with Crippen molar-refractivity contribution in [3.8, 4) is 0 Å². The Bertz CT molecular complexity index is 481. The number of amides is 1. The maximum absolute atomic E-state index is 12.4. The molecule has 0 radical (unpaired) electrons. The molecule has 1 amide bonds. The van der Waals surface area contributed by atoms with E-state index in [-0.39, 0.29) is 0 Å². The minimum absolute atomic E-state index is 0.318. The summed E-state index contributed by atoms with van der Waals surface area (Å²) in [7, 11) is 0. The van der Waals surface area contributed by atoms with Crippen LogP contribution in [0.1, 0.15) is 31.2 Å². The van der Waals surface area contributed by atoms with Crippen LogP contribution in [0.4, 0.5) is 0 Å². The van der Waals surface area contributed by atoms with Crippen LogP contribution in [-0.2, 0) is 11.3 Å². The Hall–Kier alpha value is -1.39. The van der Waals surface area contributed by atoms with Crippen molar-refractivity contribution < 1.29 is 4.79 Å². The molecule has 1 aliphatic carbocycles. The van der Waals surface area contributed by atoms with Gasteiger partial charge in [0.05, 0.1) is 0 Å². The molecular weight excluding hydrogens is 286 g/mol. The molecule has 1 aromatic rings. The van der Waals surface area contributed by atoms with E-state index in [2.05, 4.69) is 40.5 Å². The van der Waals surface area contributed by atoms with Crippen LogP contribution in [0.15, 0.2) is 30.3 Å². The SMILES string of the molecule is O=C(CCN(Cc1ccccc1)CC1CCC1)N1CCNCC1. The summed E-state index contributed by atoms with van der Waals surface area (Å²) in [5, 5.41) is 3.30. The molecule has 2 aliphatic rings. The van der Waals surface area contributed by atoms with E-state index in [0.717, 1.165) is 51.7 Å². The van der Waals surface area contributed by atoms with Gasteiger partial charge < -0.3 is 10.2 Å². The normalized spacial score (nSPS) is 18.9. The first-order chi connectivity index (χ1) is 11.3. The molecule has 4 nitrogen and oxygen atoms in total. The third-order valence-electron chi connectivity index (χ3n) is 5.10. The summed E-state index contributed by atoms with van der Waals surface area (Å²) in [4.78, 5) is 16.9. The van der Waals surface area contributed by atoms with Gasteiger partial charge in [-0.25, -0.2) is 0 Å². The van der Waals surface area contributed by atoms with Gasteiger partial charge in [0.15, 0.2) is 0 Å². The van der Waals surface area contributed by atoms with E-state index in [1.165, 1.54) is 24.8 Å². The molecule has 3 rings (SSSR count). The van der Waals surface area contributed by atoms with Crippen LogP contribution >= 0.6 is 0 Å². The second-order valence-corrected chi connectivity index (χ2v) is 6.90. The topological polar surface area (TPSA) is 35.6 Å². The second kappa shape index (κ2) is 8.46. The number of carbonyl (C=O) groups excluding carboxylic acids is 1. The van der Waals surface area contributed by atoms with Crippen molar-refractivity contribution in [1.29, 1.82) is 0 Å². The summed E-state index contributed by atoms with van der Waals surface area (Å²) < 4.78 is 0. The molecule has 1 N–H and O–H groups in total. The smallest absolute Gasteiger partial charge is 0.223 e. The molecule has 1 aromatic carbocycles. The van der Waals surface area contributed by atoms with Crippen LogP contribution in [-0.4, -0.2) is 55.0 Å². The van der Waals surface area contributed by atoms with Crippen molar-refractivity contribution in [2.24, 2.45) is 5.92 Å². The zero-order chi connectivity index (χ0) is 15.9. The first kappa shape index (κ1) is 16.5. The lowest BCUT2D eigenvalue weighted by molar-refractivity contribution is -0.132. The van der Waals surface area contributed by atoms with E-state index in [9.17, 15) is 4.79 Å². The largest absolute Gasteiger partial charge is 0.340 e. The first-order valence-corrected chi connectivity index (χ1v) is 9.06. The number of benzene rings is 1. The summed E-state index contributed by atoms with van der Waals surface area (Å²) in [5.41, 5.74) is 1.35. The molecule has 126 valence electrons. The Labute approximate surface area is 139 Å². The molecule has 1 heterocycles. The molecule has 1 aliphatic heterocycles. The fraction of sp³-hybridized carbons (Fsp3) is 0.632. The lowest BCUT2D eigenvalue weighted by Gasteiger charge is -2.33. The molecule has 0 aromatic heterocycles. The molecule has 0 atom stereocenters. The Morgan fingerprint density at radius 3 is 2.57 bits per heavy atom. The zero-order valence-electron chi connectivity index (χ0n) is 14.0. The van der Waals surface area contributed by atoms with Crippen LogP contribution in [0.2, 0.25) is 0 Å². The minimum atomic E-state index is 0.318. The Morgan fingerprint density at radius 2 is 1.91 bits per heavy atom. The summed E-state index contributed by atoms with van der Waals surface area (Å²) in [6.07, 6.45) is 4.75. The number of carbonyl (C=O) groups is 1. The number of piperazine rings is 1. The molecule has 1 saturated carbocycles. The van der Waals surface area contributed by atoms with Gasteiger partial charge in [-0.05, 0) is 24.3 Å². The molecule has 2 fully saturated rings. The van der Waals surface area contributed by atoms with Crippen molar-refractivity contribution in [3.05, 3.63) is 35.9 Å². The first-order valence-electron chi connectivity index (χ1n) is 9.06. The summed E-state index contributed by atoms with van der Waals surface area (Å²) >= 11 is 0. The van der Waals surface area contributed by atoms with Gasteiger partial charge in [0.1, 0.15) is 0 Å². The molecule has 23 heavy (non-hydrogen) atoms. The molecular formula is C19H29N3O. The molecule has 0 bridgehead atoms. The molecule has 0 unspecified atom stereocenters. The summed E-state index contributed by atoms with van der Waals surface area (Å²) in [5.74, 6) is 1.16. The quantitative estimate of drug-likeness (QED) is 0.837. The van der Waals surface area contributed by atoms with Crippen molar-refractivity contribution >= 4 is 5.91 Å². The predicted octanol–water partition coefficient (Wildman–Crippen LogP) is 2.11. The third kappa shape index (κ3) is 5.05. The lowest BCUT2D eigenvalue weighted by atomic mass is 9.85. The fourth-order valence-corrected chi connectivity index (χ4v) is 3.44. The number of rotatable bonds is 7. The Kier molecular flexibility index (Phi) is 6.06. The van der Waals surface area contributed by atoms with Crippen molar-refractivity contribution in [2.75, 3.05) is 39.3 Å². The number of nitrogens with zero attached hydrogens (tertiary/aromatic N) is 2. The van der Waals surface area contributed by atoms with E-state index >= 15 is 0 Å². The van der Waals surface area contributed by atoms with Gasteiger partial charge in [-0.15, -0.1) is 0 Å². The van der Waals surface area contributed by atoms with E-state index < -0.39 is 0 Å². The third-order valence-corrected chi connectivity index (χ3v) is 5.10. The summed E-state index contributed by atoms with van der Waals surface area (Å²) in [6, 6.07) is 10.6. The number of hydrogen-bond donors (Lipinski definition) is 1. The average Bonchev–Trinajstić information content (AvgIpc) is 2.57. The van der Waals surface area contributed by atoms with Crippen molar-refractivity contribution in [2.45, 2.75) is 32.2 Å². The van der Waals surface area contributed by atoms with E-state index in [4.69, 9.17) is 0 Å². The van der Waals surface area contributed by atoms with Crippen LogP contribution in [0.25, 0.3) is 0 Å². The van der Waals surface area contributed by atoms with E-state index in [0.29, 0.717) is 12.3 Å². The molecule has 0 spiro atoms. The zero-order valence-corrected chi connectivity index (χ0v) is 14.0. The van der Waals surface area contributed by atoms with Crippen LogP contribution in [0, 0.1) is 5.92 Å². The van der Waals surface area contributed by atoms with Crippen LogP contribution < -0.4 is 5.32 Å². The average molecular weight is 315 g/mol. The van der Waals surface area contributed by atoms with Crippen LogP contribution in [0.5, 0.6) is 0 Å².